The van der Waals surface area contributed by atoms with E-state index in [9.17, 15) is 0 Å². The molecule has 0 bridgehead atoms. The number of aryl methyl sites for hydroxylation is 1. The van der Waals surface area contributed by atoms with E-state index in [2.05, 4.69) is 49.2 Å². The SMILES string of the molecule is CCC(C)[C@@H](c1ccc(OC)cc1C)N1CCNCC1. The van der Waals surface area contributed by atoms with Gasteiger partial charge in [0.25, 0.3) is 0 Å². The smallest absolute Gasteiger partial charge is 0.119 e. The van der Waals surface area contributed by atoms with Crippen LogP contribution in [-0.2, 0) is 0 Å². The van der Waals surface area contributed by atoms with Crippen LogP contribution in [0.3, 0.4) is 0 Å². The number of hydrogen-bond donors (Lipinski definition) is 1. The van der Waals surface area contributed by atoms with Crippen LogP contribution in [0.1, 0.15) is 37.4 Å². The summed E-state index contributed by atoms with van der Waals surface area (Å²) >= 11 is 0. The zero-order valence-corrected chi connectivity index (χ0v) is 13.3. The minimum Gasteiger partial charge on any atom is -0.497 e. The average Bonchev–Trinajstić information content (AvgIpc) is 2.50. The average molecular weight is 276 g/mol. The van der Waals surface area contributed by atoms with Crippen LogP contribution in [-0.4, -0.2) is 38.2 Å². The van der Waals surface area contributed by atoms with Gasteiger partial charge in [-0.2, -0.15) is 0 Å². The van der Waals surface area contributed by atoms with E-state index in [4.69, 9.17) is 4.74 Å². The molecule has 0 spiro atoms. The number of rotatable bonds is 5. The number of nitrogens with zero attached hydrogens (tertiary/aromatic N) is 1. The minimum absolute atomic E-state index is 0.521. The molecule has 1 aliphatic heterocycles. The molecule has 3 heteroatoms. The summed E-state index contributed by atoms with van der Waals surface area (Å²) in [4.78, 5) is 2.64. The van der Waals surface area contributed by atoms with E-state index in [1.54, 1.807) is 7.11 Å². The van der Waals surface area contributed by atoms with Crippen molar-refractivity contribution in [3.63, 3.8) is 0 Å². The molecule has 1 saturated heterocycles. The van der Waals surface area contributed by atoms with Gasteiger partial charge in [-0.15, -0.1) is 0 Å². The van der Waals surface area contributed by atoms with Crippen molar-refractivity contribution >= 4 is 0 Å². The molecule has 1 aromatic rings. The van der Waals surface area contributed by atoms with Gasteiger partial charge < -0.3 is 10.1 Å². The Morgan fingerprint density at radius 3 is 2.55 bits per heavy atom. The number of ether oxygens (including phenoxy) is 1. The van der Waals surface area contributed by atoms with E-state index >= 15 is 0 Å². The quantitative estimate of drug-likeness (QED) is 0.895. The normalized spacial score (nSPS) is 19.6. The molecular weight excluding hydrogens is 248 g/mol. The van der Waals surface area contributed by atoms with E-state index in [0.717, 1.165) is 31.9 Å². The fourth-order valence-electron chi connectivity index (χ4n) is 3.15. The minimum atomic E-state index is 0.521. The van der Waals surface area contributed by atoms with Gasteiger partial charge in [0, 0.05) is 32.2 Å². The topological polar surface area (TPSA) is 24.5 Å². The molecule has 0 aromatic heterocycles. The van der Waals surface area contributed by atoms with Crippen molar-refractivity contribution in [1.29, 1.82) is 0 Å². The predicted octanol–water partition coefficient (Wildman–Crippen LogP) is 3.00. The maximum absolute atomic E-state index is 5.34. The van der Waals surface area contributed by atoms with E-state index in [-0.39, 0.29) is 0 Å². The van der Waals surface area contributed by atoms with Gasteiger partial charge in [-0.25, -0.2) is 0 Å². The van der Waals surface area contributed by atoms with Crippen LogP contribution in [0, 0.1) is 12.8 Å². The Morgan fingerprint density at radius 2 is 2.00 bits per heavy atom. The Labute approximate surface area is 123 Å². The molecule has 0 amide bonds. The standard InChI is InChI=1S/C17H28N2O/c1-5-13(2)17(19-10-8-18-9-11-19)16-7-6-15(20-4)12-14(16)3/h6-7,12-13,17-18H,5,8-11H2,1-4H3/t13?,17-/m0/s1. The number of methoxy groups -OCH3 is 1. The molecule has 1 fully saturated rings. The number of benzene rings is 1. The van der Waals surface area contributed by atoms with Crippen LogP contribution in [0.2, 0.25) is 0 Å². The van der Waals surface area contributed by atoms with E-state index in [1.807, 2.05) is 0 Å². The summed E-state index contributed by atoms with van der Waals surface area (Å²) in [5, 5.41) is 3.45. The lowest BCUT2D eigenvalue weighted by Gasteiger charge is -2.39. The highest BCUT2D eigenvalue weighted by Gasteiger charge is 2.27. The molecule has 0 aliphatic carbocycles. The van der Waals surface area contributed by atoms with Gasteiger partial charge in [0.05, 0.1) is 7.11 Å². The van der Waals surface area contributed by atoms with Crippen LogP contribution >= 0.6 is 0 Å². The van der Waals surface area contributed by atoms with Crippen molar-refractivity contribution in [1.82, 2.24) is 10.2 Å². The summed E-state index contributed by atoms with van der Waals surface area (Å²) in [5.41, 5.74) is 2.80. The van der Waals surface area contributed by atoms with E-state index in [0.29, 0.717) is 12.0 Å². The summed E-state index contributed by atoms with van der Waals surface area (Å²) in [5.74, 6) is 1.62. The Bertz CT molecular complexity index is 427. The molecule has 20 heavy (non-hydrogen) atoms. The maximum atomic E-state index is 5.34. The van der Waals surface area contributed by atoms with Crippen molar-refractivity contribution < 1.29 is 4.74 Å². The van der Waals surface area contributed by atoms with Gasteiger partial charge in [0.2, 0.25) is 0 Å². The second-order valence-corrected chi connectivity index (χ2v) is 5.84. The molecule has 1 N–H and O–H groups in total. The highest BCUT2D eigenvalue weighted by molar-refractivity contribution is 5.37. The molecule has 3 nitrogen and oxygen atoms in total. The Hall–Kier alpha value is -1.06. The molecule has 0 saturated carbocycles. The second kappa shape index (κ2) is 7.09. The highest BCUT2D eigenvalue weighted by Crippen LogP contribution is 2.34. The highest BCUT2D eigenvalue weighted by atomic mass is 16.5. The first-order valence-corrected chi connectivity index (χ1v) is 7.76. The monoisotopic (exact) mass is 276 g/mol. The fraction of sp³-hybridized carbons (Fsp3) is 0.647. The second-order valence-electron chi connectivity index (χ2n) is 5.84. The third-order valence-corrected chi connectivity index (χ3v) is 4.52. The van der Waals surface area contributed by atoms with Gasteiger partial charge in [-0.05, 0) is 36.1 Å². The lowest BCUT2D eigenvalue weighted by atomic mass is 9.88. The van der Waals surface area contributed by atoms with Crippen molar-refractivity contribution in [3.8, 4) is 5.75 Å². The van der Waals surface area contributed by atoms with Crippen LogP contribution in [0.5, 0.6) is 5.75 Å². The van der Waals surface area contributed by atoms with E-state index in [1.165, 1.54) is 17.5 Å². The summed E-state index contributed by atoms with van der Waals surface area (Å²) in [6, 6.07) is 7.04. The van der Waals surface area contributed by atoms with Crippen LogP contribution in [0.4, 0.5) is 0 Å². The molecule has 1 heterocycles. The summed E-state index contributed by atoms with van der Waals surface area (Å²) in [6.07, 6.45) is 1.21. The molecule has 1 aromatic carbocycles. The third kappa shape index (κ3) is 3.33. The van der Waals surface area contributed by atoms with Crippen LogP contribution < -0.4 is 10.1 Å². The maximum Gasteiger partial charge on any atom is 0.119 e. The zero-order chi connectivity index (χ0) is 14.5. The largest absolute Gasteiger partial charge is 0.497 e. The summed E-state index contributed by atoms with van der Waals surface area (Å²) in [7, 11) is 1.73. The van der Waals surface area contributed by atoms with Gasteiger partial charge >= 0.3 is 0 Å². The Balaban J connectivity index is 2.30. The number of hydrogen-bond acceptors (Lipinski definition) is 3. The third-order valence-electron chi connectivity index (χ3n) is 4.52. The van der Waals surface area contributed by atoms with Crippen LogP contribution in [0.25, 0.3) is 0 Å². The van der Waals surface area contributed by atoms with Crippen molar-refractivity contribution in [3.05, 3.63) is 29.3 Å². The van der Waals surface area contributed by atoms with Gasteiger partial charge in [-0.1, -0.05) is 26.3 Å². The van der Waals surface area contributed by atoms with Gasteiger partial charge in [0.1, 0.15) is 5.75 Å². The molecule has 0 radical (unpaired) electrons. The van der Waals surface area contributed by atoms with Crippen LogP contribution in [0.15, 0.2) is 18.2 Å². The first kappa shape index (κ1) is 15.3. The molecule has 2 rings (SSSR count). The number of piperazine rings is 1. The van der Waals surface area contributed by atoms with Crippen molar-refractivity contribution in [2.24, 2.45) is 5.92 Å². The van der Waals surface area contributed by atoms with Crippen molar-refractivity contribution in [2.75, 3.05) is 33.3 Å². The summed E-state index contributed by atoms with van der Waals surface area (Å²) in [6.45, 7) is 11.3. The lowest BCUT2D eigenvalue weighted by Crippen LogP contribution is -2.46. The van der Waals surface area contributed by atoms with Gasteiger partial charge in [0.15, 0.2) is 0 Å². The molecule has 1 aliphatic rings. The first-order valence-electron chi connectivity index (χ1n) is 7.76. The summed E-state index contributed by atoms with van der Waals surface area (Å²) < 4.78 is 5.34. The Morgan fingerprint density at radius 1 is 1.30 bits per heavy atom. The zero-order valence-electron chi connectivity index (χ0n) is 13.3. The molecule has 2 atom stereocenters. The lowest BCUT2D eigenvalue weighted by molar-refractivity contribution is 0.128. The molecule has 1 unspecified atom stereocenters. The molecular formula is C17H28N2O. The van der Waals surface area contributed by atoms with Gasteiger partial charge in [-0.3, -0.25) is 4.90 Å². The van der Waals surface area contributed by atoms with Crippen molar-refractivity contribution in [2.45, 2.75) is 33.2 Å². The predicted molar refractivity (Wildman–Crippen MR) is 84.4 cm³/mol. The first-order chi connectivity index (χ1) is 9.67. The Kier molecular flexibility index (Phi) is 5.44. The number of nitrogens with one attached hydrogen (secondary N) is 1. The molecule has 112 valence electrons. The van der Waals surface area contributed by atoms with E-state index < -0.39 is 0 Å². The fourth-order valence-corrected chi connectivity index (χ4v) is 3.15.